The summed E-state index contributed by atoms with van der Waals surface area (Å²) >= 11 is 0. The first-order valence-corrected chi connectivity index (χ1v) is 6.33. The van der Waals surface area contributed by atoms with Crippen LogP contribution in [0.15, 0.2) is 48.5 Å². The maximum Gasteiger partial charge on any atom is 0.347 e. The molecule has 0 spiro atoms. The predicted octanol–water partition coefficient (Wildman–Crippen LogP) is 3.31. The Hall–Kier alpha value is -2.49. The number of carbonyl (C=O) groups excluding carboxylic acids is 1. The van der Waals surface area contributed by atoms with E-state index in [2.05, 4.69) is 0 Å². The quantitative estimate of drug-likeness (QED) is 0.618. The Morgan fingerprint density at radius 3 is 2.20 bits per heavy atom. The Morgan fingerprint density at radius 1 is 0.950 bits per heavy atom. The monoisotopic (exact) mass is 272 g/mol. The molecular weight excluding hydrogens is 256 g/mol. The molecule has 0 radical (unpaired) electrons. The lowest BCUT2D eigenvalue weighted by molar-refractivity contribution is 0.0725. The van der Waals surface area contributed by atoms with Gasteiger partial charge in [0.05, 0.1) is 13.7 Å². The molecule has 104 valence electrons. The van der Waals surface area contributed by atoms with Crippen molar-refractivity contribution in [2.45, 2.75) is 6.92 Å². The van der Waals surface area contributed by atoms with Gasteiger partial charge in [0.2, 0.25) is 0 Å². The molecule has 2 aromatic rings. The van der Waals surface area contributed by atoms with Crippen LogP contribution in [0.25, 0.3) is 0 Å². The lowest BCUT2D eigenvalue weighted by Crippen LogP contribution is -2.11. The number of para-hydroxylation sites is 3. The number of hydrogen-bond donors (Lipinski definition) is 0. The summed E-state index contributed by atoms with van der Waals surface area (Å²) in [5.41, 5.74) is 0.389. The van der Waals surface area contributed by atoms with Crippen molar-refractivity contribution in [3.05, 3.63) is 54.1 Å². The second-order valence-corrected chi connectivity index (χ2v) is 3.97. The molecule has 0 aromatic heterocycles. The first kappa shape index (κ1) is 13.9. The number of methoxy groups -OCH3 is 1. The zero-order valence-electron chi connectivity index (χ0n) is 11.5. The molecular formula is C16H16O4. The largest absolute Gasteiger partial charge is 0.493 e. The third-order valence-electron chi connectivity index (χ3n) is 2.68. The van der Waals surface area contributed by atoms with Crippen LogP contribution in [0.4, 0.5) is 0 Å². The average molecular weight is 272 g/mol. The topological polar surface area (TPSA) is 44.8 Å². The van der Waals surface area contributed by atoms with Gasteiger partial charge in [-0.2, -0.15) is 0 Å². The maximum atomic E-state index is 12.2. The van der Waals surface area contributed by atoms with Gasteiger partial charge in [0.15, 0.2) is 11.5 Å². The maximum absolute atomic E-state index is 12.2. The van der Waals surface area contributed by atoms with Crippen molar-refractivity contribution in [1.82, 2.24) is 0 Å². The summed E-state index contributed by atoms with van der Waals surface area (Å²) in [6.45, 7) is 2.35. The number of carbonyl (C=O) groups is 1. The molecule has 2 rings (SSSR count). The summed E-state index contributed by atoms with van der Waals surface area (Å²) in [6.07, 6.45) is 0. The van der Waals surface area contributed by atoms with E-state index in [0.717, 1.165) is 0 Å². The molecule has 0 heterocycles. The normalized spacial score (nSPS) is 9.90. The van der Waals surface area contributed by atoms with Crippen LogP contribution in [0.3, 0.4) is 0 Å². The molecule has 4 nitrogen and oxygen atoms in total. The fourth-order valence-corrected chi connectivity index (χ4v) is 1.77. The Balaban J connectivity index is 2.24. The molecule has 0 N–H and O–H groups in total. The number of benzene rings is 2. The van der Waals surface area contributed by atoms with Gasteiger partial charge in [-0.05, 0) is 31.2 Å². The lowest BCUT2D eigenvalue weighted by atomic mass is 10.2. The van der Waals surface area contributed by atoms with Crippen molar-refractivity contribution in [3.63, 3.8) is 0 Å². The van der Waals surface area contributed by atoms with Gasteiger partial charge in [-0.1, -0.05) is 24.3 Å². The molecule has 0 atom stereocenters. The summed E-state index contributed by atoms with van der Waals surface area (Å²) in [6, 6.07) is 14.0. The highest BCUT2D eigenvalue weighted by molar-refractivity contribution is 5.94. The highest BCUT2D eigenvalue weighted by Crippen LogP contribution is 2.28. The van der Waals surface area contributed by atoms with Crippen molar-refractivity contribution in [2.24, 2.45) is 0 Å². The first-order chi connectivity index (χ1) is 9.76. The van der Waals surface area contributed by atoms with E-state index in [1.54, 1.807) is 36.4 Å². The third kappa shape index (κ3) is 3.09. The van der Waals surface area contributed by atoms with E-state index in [9.17, 15) is 4.79 Å². The van der Waals surface area contributed by atoms with Gasteiger partial charge in [0, 0.05) is 0 Å². The van der Waals surface area contributed by atoms with Crippen LogP contribution in [0, 0.1) is 0 Å². The van der Waals surface area contributed by atoms with Gasteiger partial charge < -0.3 is 14.2 Å². The standard InChI is InChI=1S/C16H16O4/c1-3-19-13-9-5-4-8-12(13)16(17)20-15-11-7-6-10-14(15)18-2/h4-11H,3H2,1-2H3. The molecule has 0 bridgehead atoms. The molecule has 0 aliphatic heterocycles. The summed E-state index contributed by atoms with van der Waals surface area (Å²) < 4.78 is 15.9. The first-order valence-electron chi connectivity index (χ1n) is 6.33. The van der Waals surface area contributed by atoms with Crippen LogP contribution in [0.1, 0.15) is 17.3 Å². The minimum Gasteiger partial charge on any atom is -0.493 e. The molecule has 0 aliphatic carbocycles. The molecule has 0 amide bonds. The Bertz CT molecular complexity index is 593. The Kier molecular flexibility index (Phi) is 4.60. The van der Waals surface area contributed by atoms with Crippen molar-refractivity contribution >= 4 is 5.97 Å². The van der Waals surface area contributed by atoms with Gasteiger partial charge in [-0.3, -0.25) is 0 Å². The Labute approximate surface area is 117 Å². The molecule has 0 aliphatic rings. The van der Waals surface area contributed by atoms with Gasteiger partial charge in [0.1, 0.15) is 11.3 Å². The highest BCUT2D eigenvalue weighted by Gasteiger charge is 2.16. The SMILES string of the molecule is CCOc1ccccc1C(=O)Oc1ccccc1OC. The van der Waals surface area contributed by atoms with Gasteiger partial charge in [-0.15, -0.1) is 0 Å². The summed E-state index contributed by atoms with van der Waals surface area (Å²) in [7, 11) is 1.53. The fourth-order valence-electron chi connectivity index (χ4n) is 1.77. The average Bonchev–Trinajstić information content (AvgIpc) is 2.48. The van der Waals surface area contributed by atoms with E-state index in [1.165, 1.54) is 7.11 Å². The molecule has 0 saturated heterocycles. The smallest absolute Gasteiger partial charge is 0.347 e. The van der Waals surface area contributed by atoms with Crippen LogP contribution in [-0.2, 0) is 0 Å². The van der Waals surface area contributed by atoms with E-state index in [1.807, 2.05) is 19.1 Å². The van der Waals surface area contributed by atoms with E-state index in [4.69, 9.17) is 14.2 Å². The van der Waals surface area contributed by atoms with E-state index in [0.29, 0.717) is 29.4 Å². The second-order valence-electron chi connectivity index (χ2n) is 3.97. The minimum absolute atomic E-state index is 0.381. The molecule has 0 saturated carbocycles. The third-order valence-corrected chi connectivity index (χ3v) is 2.68. The van der Waals surface area contributed by atoms with Crippen molar-refractivity contribution < 1.29 is 19.0 Å². The van der Waals surface area contributed by atoms with Crippen LogP contribution in [0.2, 0.25) is 0 Å². The highest BCUT2D eigenvalue weighted by atomic mass is 16.6. The van der Waals surface area contributed by atoms with Crippen molar-refractivity contribution in [2.75, 3.05) is 13.7 Å². The van der Waals surface area contributed by atoms with Crippen LogP contribution in [0.5, 0.6) is 17.2 Å². The van der Waals surface area contributed by atoms with Crippen molar-refractivity contribution in [1.29, 1.82) is 0 Å². The second kappa shape index (κ2) is 6.61. The Morgan fingerprint density at radius 2 is 1.55 bits per heavy atom. The predicted molar refractivity (Wildman–Crippen MR) is 75.6 cm³/mol. The minimum atomic E-state index is -0.474. The molecule has 0 unspecified atom stereocenters. The van der Waals surface area contributed by atoms with Crippen LogP contribution in [-0.4, -0.2) is 19.7 Å². The molecule has 0 fully saturated rings. The van der Waals surface area contributed by atoms with Gasteiger partial charge in [0.25, 0.3) is 0 Å². The zero-order valence-corrected chi connectivity index (χ0v) is 11.5. The van der Waals surface area contributed by atoms with E-state index in [-0.39, 0.29) is 0 Å². The van der Waals surface area contributed by atoms with E-state index >= 15 is 0 Å². The molecule has 4 heteroatoms. The summed E-state index contributed by atoms with van der Waals surface area (Å²) in [5, 5.41) is 0. The molecule has 2 aromatic carbocycles. The summed E-state index contributed by atoms with van der Waals surface area (Å²) in [4.78, 5) is 12.2. The van der Waals surface area contributed by atoms with Crippen molar-refractivity contribution in [3.8, 4) is 17.2 Å². The number of hydrogen-bond acceptors (Lipinski definition) is 4. The lowest BCUT2D eigenvalue weighted by Gasteiger charge is -2.11. The number of esters is 1. The van der Waals surface area contributed by atoms with E-state index < -0.39 is 5.97 Å². The summed E-state index contributed by atoms with van der Waals surface area (Å²) in [5.74, 6) is 0.925. The zero-order chi connectivity index (χ0) is 14.4. The fraction of sp³-hybridized carbons (Fsp3) is 0.188. The molecule has 20 heavy (non-hydrogen) atoms. The van der Waals surface area contributed by atoms with Gasteiger partial charge >= 0.3 is 5.97 Å². The number of rotatable bonds is 5. The number of ether oxygens (including phenoxy) is 3. The van der Waals surface area contributed by atoms with Gasteiger partial charge in [-0.25, -0.2) is 4.79 Å². The van der Waals surface area contributed by atoms with Crippen LogP contribution >= 0.6 is 0 Å². The van der Waals surface area contributed by atoms with Crippen LogP contribution < -0.4 is 14.2 Å².